The van der Waals surface area contributed by atoms with Gasteiger partial charge >= 0.3 is 6.36 Å². The van der Waals surface area contributed by atoms with Crippen LogP contribution in [0.25, 0.3) is 21.6 Å². The van der Waals surface area contributed by atoms with Gasteiger partial charge in [-0.2, -0.15) is 5.10 Å². The predicted molar refractivity (Wildman–Crippen MR) is 132 cm³/mol. The summed E-state index contributed by atoms with van der Waals surface area (Å²) in [5.41, 5.74) is 3.29. The minimum atomic E-state index is -4.78. The Balaban J connectivity index is 1.13. The molecule has 4 aromatic rings. The van der Waals surface area contributed by atoms with Crippen LogP contribution in [0.3, 0.4) is 0 Å². The second-order valence-electron chi connectivity index (χ2n) is 8.08. The van der Waals surface area contributed by atoms with Crippen LogP contribution in [0.1, 0.15) is 24.0 Å². The summed E-state index contributed by atoms with van der Waals surface area (Å²) in [7, 11) is 0. The van der Waals surface area contributed by atoms with E-state index in [0.29, 0.717) is 49.6 Å². The molecule has 4 rings (SSSR count). The maximum absolute atomic E-state index is 12.5. The van der Waals surface area contributed by atoms with Gasteiger partial charge in [0.25, 0.3) is 0 Å². The first kappa shape index (κ1) is 26.7. The van der Waals surface area contributed by atoms with Gasteiger partial charge in [-0.1, -0.05) is 10.6 Å². The van der Waals surface area contributed by atoms with Crippen molar-refractivity contribution in [1.29, 1.82) is 0 Å². The zero-order chi connectivity index (χ0) is 26.1. The third kappa shape index (κ3) is 8.08. The number of halogens is 3. The normalized spacial score (nSPS) is 11.8. The molecule has 0 atom stereocenters. The number of benzene rings is 1. The van der Waals surface area contributed by atoms with Gasteiger partial charge in [-0.05, 0) is 60.2 Å². The van der Waals surface area contributed by atoms with E-state index in [4.69, 9.17) is 4.74 Å². The van der Waals surface area contributed by atoms with Crippen LogP contribution in [-0.2, 0) is 17.9 Å². The Morgan fingerprint density at radius 3 is 2.68 bits per heavy atom. The van der Waals surface area contributed by atoms with Crippen molar-refractivity contribution < 1.29 is 27.8 Å². The van der Waals surface area contributed by atoms with Crippen LogP contribution < -0.4 is 15.4 Å². The molecule has 4 N–H and O–H groups in total. The van der Waals surface area contributed by atoms with Crippen molar-refractivity contribution in [2.45, 2.75) is 32.4 Å². The van der Waals surface area contributed by atoms with Crippen molar-refractivity contribution >= 4 is 28.3 Å². The van der Waals surface area contributed by atoms with Crippen LogP contribution in [-0.4, -0.2) is 62.5 Å². The number of rotatable bonds is 14. The summed E-state index contributed by atoms with van der Waals surface area (Å²) >= 11 is 1.27. The number of unbranched alkanes of at least 4 members (excludes halogenated alkanes) is 1. The van der Waals surface area contributed by atoms with Crippen molar-refractivity contribution in [3.05, 3.63) is 47.8 Å². The van der Waals surface area contributed by atoms with Crippen molar-refractivity contribution in [2.24, 2.45) is 0 Å². The number of anilines is 1. The molecular weight excluding hydrogens is 511 g/mol. The van der Waals surface area contributed by atoms with Gasteiger partial charge in [0.1, 0.15) is 5.75 Å². The molecule has 0 saturated carbocycles. The van der Waals surface area contributed by atoms with Gasteiger partial charge in [0.15, 0.2) is 5.65 Å². The molecule has 1 aromatic carbocycles. The van der Waals surface area contributed by atoms with Crippen LogP contribution in [0.5, 0.6) is 5.75 Å². The standard InChI is InChI=1S/C23H26F3N7O3S/c24-23(25,26)36-17-8-15(7-16(9-17)14-34)11-27-3-1-2-5-35-6-4-28-19-10-20(21-13-30-33-37-21)31-22-18(19)12-29-32-22/h7-10,12-13,27,34H,1-6,11,14H2,(H2,28,29,31,32). The fourth-order valence-corrected chi connectivity index (χ4v) is 4.12. The molecule has 198 valence electrons. The quantitative estimate of drug-likeness (QED) is 0.177. The molecule has 14 heteroatoms. The average Bonchev–Trinajstić information content (AvgIpc) is 3.56. The Hall–Kier alpha value is -3.33. The molecule has 0 aliphatic carbocycles. The van der Waals surface area contributed by atoms with Crippen molar-refractivity contribution in [3.63, 3.8) is 0 Å². The number of nitrogens with zero attached hydrogens (tertiary/aromatic N) is 4. The molecule has 0 aliphatic heterocycles. The van der Waals surface area contributed by atoms with E-state index < -0.39 is 6.36 Å². The van der Waals surface area contributed by atoms with E-state index in [0.717, 1.165) is 34.5 Å². The molecule has 0 radical (unpaired) electrons. The number of aromatic amines is 1. The van der Waals surface area contributed by atoms with E-state index in [1.165, 1.54) is 23.7 Å². The van der Waals surface area contributed by atoms with E-state index in [1.54, 1.807) is 18.5 Å². The Morgan fingerprint density at radius 2 is 1.89 bits per heavy atom. The minimum absolute atomic E-state index is 0.338. The lowest BCUT2D eigenvalue weighted by Gasteiger charge is -2.12. The molecule has 0 amide bonds. The van der Waals surface area contributed by atoms with E-state index in [-0.39, 0.29) is 12.4 Å². The molecule has 37 heavy (non-hydrogen) atoms. The number of aliphatic hydroxyl groups is 1. The number of hydrogen-bond acceptors (Lipinski definition) is 10. The lowest BCUT2D eigenvalue weighted by atomic mass is 10.1. The molecule has 3 heterocycles. The monoisotopic (exact) mass is 537 g/mol. The Kier molecular flexibility index (Phi) is 9.22. The topological polar surface area (TPSA) is 130 Å². The highest BCUT2D eigenvalue weighted by Gasteiger charge is 2.31. The largest absolute Gasteiger partial charge is 0.573 e. The number of fused-ring (bicyclic) bond motifs is 1. The maximum atomic E-state index is 12.5. The number of H-pyrrole nitrogens is 1. The molecule has 0 spiro atoms. The summed E-state index contributed by atoms with van der Waals surface area (Å²) in [6.45, 7) is 2.37. The van der Waals surface area contributed by atoms with Crippen LogP contribution >= 0.6 is 11.5 Å². The molecule has 0 fully saturated rings. The second kappa shape index (κ2) is 12.8. The summed E-state index contributed by atoms with van der Waals surface area (Å²) in [6, 6.07) is 6.07. The Bertz CT molecular complexity index is 1270. The molecule has 10 nitrogen and oxygen atoms in total. The lowest BCUT2D eigenvalue weighted by molar-refractivity contribution is -0.274. The van der Waals surface area contributed by atoms with E-state index in [1.807, 2.05) is 6.07 Å². The summed E-state index contributed by atoms with van der Waals surface area (Å²) in [6.07, 6.45) is 0.280. The molecule has 0 saturated heterocycles. The SMILES string of the molecule is OCc1cc(CNCCCCOCCNc2cc(-c3cnns3)nc3[nH]ncc23)cc(OC(F)(F)F)c1. The van der Waals surface area contributed by atoms with Gasteiger partial charge in [-0.3, -0.25) is 5.10 Å². The average molecular weight is 538 g/mol. The summed E-state index contributed by atoms with van der Waals surface area (Å²) in [5.74, 6) is -0.338. The number of aliphatic hydroxyl groups excluding tert-OH is 1. The first-order valence-electron chi connectivity index (χ1n) is 11.5. The fraction of sp³-hybridized carbons (Fsp3) is 0.391. The first-order valence-corrected chi connectivity index (χ1v) is 12.3. The van der Waals surface area contributed by atoms with E-state index in [9.17, 15) is 18.3 Å². The highest BCUT2D eigenvalue weighted by molar-refractivity contribution is 7.09. The summed E-state index contributed by atoms with van der Waals surface area (Å²) in [5, 5.41) is 27.5. The van der Waals surface area contributed by atoms with Gasteiger partial charge in [0.05, 0.1) is 41.6 Å². The molecule has 3 aromatic heterocycles. The van der Waals surface area contributed by atoms with Crippen LogP contribution in [0.15, 0.2) is 36.7 Å². The molecule has 0 bridgehead atoms. The van der Waals surface area contributed by atoms with Crippen molar-refractivity contribution in [3.8, 4) is 16.3 Å². The molecular formula is C23H26F3N7O3S. The number of ether oxygens (including phenoxy) is 2. The van der Waals surface area contributed by atoms with Crippen molar-refractivity contribution in [1.82, 2.24) is 30.1 Å². The number of hydrogen-bond donors (Lipinski definition) is 4. The third-order valence-electron chi connectivity index (χ3n) is 5.26. The van der Waals surface area contributed by atoms with Gasteiger partial charge in [0.2, 0.25) is 0 Å². The van der Waals surface area contributed by atoms with Gasteiger partial charge < -0.3 is 25.2 Å². The smallest absolute Gasteiger partial charge is 0.406 e. The zero-order valence-corrected chi connectivity index (χ0v) is 20.5. The second-order valence-corrected chi connectivity index (χ2v) is 8.87. The number of pyridine rings is 1. The van der Waals surface area contributed by atoms with Crippen LogP contribution in [0.2, 0.25) is 0 Å². The van der Waals surface area contributed by atoms with Gasteiger partial charge in [-0.15, -0.1) is 18.3 Å². The number of alkyl halides is 3. The number of aromatic nitrogens is 5. The highest BCUT2D eigenvalue weighted by Crippen LogP contribution is 2.28. The van der Waals surface area contributed by atoms with Gasteiger partial charge in [-0.25, -0.2) is 4.98 Å². The maximum Gasteiger partial charge on any atom is 0.573 e. The van der Waals surface area contributed by atoms with Crippen molar-refractivity contribution in [2.75, 3.05) is 31.6 Å². The molecule has 0 unspecified atom stereocenters. The number of nitrogens with one attached hydrogen (secondary N) is 3. The van der Waals surface area contributed by atoms with Crippen LogP contribution in [0, 0.1) is 0 Å². The lowest BCUT2D eigenvalue weighted by Crippen LogP contribution is -2.18. The van der Waals surface area contributed by atoms with Gasteiger partial charge in [0, 0.05) is 25.4 Å². The highest BCUT2D eigenvalue weighted by atomic mass is 32.1. The summed E-state index contributed by atoms with van der Waals surface area (Å²) < 4.78 is 51.0. The summed E-state index contributed by atoms with van der Waals surface area (Å²) in [4.78, 5) is 5.41. The molecule has 0 aliphatic rings. The fourth-order valence-electron chi connectivity index (χ4n) is 3.64. The van der Waals surface area contributed by atoms with E-state index >= 15 is 0 Å². The third-order valence-corrected chi connectivity index (χ3v) is 5.95. The first-order chi connectivity index (χ1) is 17.9. The Morgan fingerprint density at radius 1 is 1.03 bits per heavy atom. The Labute approximate surface area is 214 Å². The van der Waals surface area contributed by atoms with Crippen LogP contribution in [0.4, 0.5) is 18.9 Å². The predicted octanol–water partition coefficient (Wildman–Crippen LogP) is 3.87. The van der Waals surface area contributed by atoms with E-state index in [2.05, 4.69) is 40.1 Å². The zero-order valence-electron chi connectivity index (χ0n) is 19.7. The minimum Gasteiger partial charge on any atom is -0.406 e.